The minimum Gasteiger partial charge on any atom is -0.477 e. The molecule has 2 N–H and O–H groups in total. The fourth-order valence-corrected chi connectivity index (χ4v) is 3.36. The lowest BCUT2D eigenvalue weighted by Gasteiger charge is -2.24. The Morgan fingerprint density at radius 2 is 1.95 bits per heavy atom. The van der Waals surface area contributed by atoms with Gasteiger partial charge in [0.15, 0.2) is 0 Å². The first-order valence-electron chi connectivity index (χ1n) is 6.50. The van der Waals surface area contributed by atoms with Crippen LogP contribution in [0.3, 0.4) is 0 Å². The van der Waals surface area contributed by atoms with Gasteiger partial charge in [-0.1, -0.05) is 0 Å². The van der Waals surface area contributed by atoms with Crippen molar-refractivity contribution in [3.8, 4) is 0 Å². The Morgan fingerprint density at radius 3 is 2.29 bits per heavy atom. The molecule has 0 radical (unpaired) electrons. The Hall–Kier alpha value is -1.38. The second kappa shape index (κ2) is 5.78. The van der Waals surface area contributed by atoms with Gasteiger partial charge in [-0.05, 0) is 33.8 Å². The summed E-state index contributed by atoms with van der Waals surface area (Å²) < 4.78 is 27.3. The Bertz CT molecular complexity index is 625. The summed E-state index contributed by atoms with van der Waals surface area (Å²) in [6.45, 7) is 6.44. The van der Waals surface area contributed by atoms with E-state index in [2.05, 4.69) is 0 Å². The molecular formula is C13H22N2O5S. The average Bonchev–Trinajstić information content (AvgIpc) is 2.71. The van der Waals surface area contributed by atoms with Crippen LogP contribution in [0.4, 0.5) is 0 Å². The Kier molecular flexibility index (Phi) is 4.87. The second-order valence-electron chi connectivity index (χ2n) is 5.94. The van der Waals surface area contributed by atoms with E-state index < -0.39 is 21.6 Å². The van der Waals surface area contributed by atoms with Gasteiger partial charge in [-0.15, -0.1) is 0 Å². The van der Waals surface area contributed by atoms with Crippen molar-refractivity contribution in [2.45, 2.75) is 44.2 Å². The molecule has 1 aromatic rings. The predicted molar refractivity (Wildman–Crippen MR) is 77.9 cm³/mol. The normalized spacial score (nSPS) is 13.1. The van der Waals surface area contributed by atoms with Crippen molar-refractivity contribution >= 4 is 16.0 Å². The minimum absolute atomic E-state index is 0.0831. The first-order valence-corrected chi connectivity index (χ1v) is 7.94. The number of carbonyl (C=O) groups is 1. The van der Waals surface area contributed by atoms with Gasteiger partial charge >= 0.3 is 5.97 Å². The van der Waals surface area contributed by atoms with Gasteiger partial charge in [0, 0.05) is 25.8 Å². The molecule has 1 heterocycles. The number of rotatable bonds is 6. The van der Waals surface area contributed by atoms with Gasteiger partial charge in [0.05, 0.1) is 5.60 Å². The van der Waals surface area contributed by atoms with Crippen molar-refractivity contribution in [2.75, 3.05) is 13.6 Å². The van der Waals surface area contributed by atoms with Crippen molar-refractivity contribution < 1.29 is 23.4 Å². The molecule has 1 aromatic heterocycles. The molecule has 0 spiro atoms. The summed E-state index contributed by atoms with van der Waals surface area (Å²) in [5.74, 6) is -1.18. The maximum Gasteiger partial charge on any atom is 0.352 e. The number of hydrogen-bond acceptors (Lipinski definition) is 4. The minimum atomic E-state index is -3.85. The first-order chi connectivity index (χ1) is 9.36. The van der Waals surface area contributed by atoms with Gasteiger partial charge in [-0.25, -0.2) is 13.2 Å². The van der Waals surface area contributed by atoms with Crippen LogP contribution >= 0.6 is 0 Å². The number of carboxylic acids is 1. The smallest absolute Gasteiger partial charge is 0.352 e. The quantitative estimate of drug-likeness (QED) is 0.820. The standard InChI is InChI=1S/C13H22N2O5S/c1-9(2)15-7-10(6-11(15)12(16)17)21(19,20)14(5)8-13(3,4)18/h6-7,9,18H,8H2,1-5H3,(H,16,17). The monoisotopic (exact) mass is 318 g/mol. The van der Waals surface area contributed by atoms with Crippen molar-refractivity contribution in [2.24, 2.45) is 0 Å². The van der Waals surface area contributed by atoms with E-state index >= 15 is 0 Å². The van der Waals surface area contributed by atoms with E-state index in [4.69, 9.17) is 5.11 Å². The van der Waals surface area contributed by atoms with E-state index in [0.29, 0.717) is 0 Å². The SMILES string of the molecule is CC(C)n1cc(S(=O)(=O)N(C)CC(C)(C)O)cc1C(=O)O. The number of aliphatic hydroxyl groups is 1. The lowest BCUT2D eigenvalue weighted by Crippen LogP contribution is -2.39. The molecule has 0 unspecified atom stereocenters. The molecule has 0 saturated carbocycles. The summed E-state index contributed by atoms with van der Waals surface area (Å²) >= 11 is 0. The zero-order chi connectivity index (χ0) is 16.6. The average molecular weight is 318 g/mol. The lowest BCUT2D eigenvalue weighted by molar-refractivity contribution is 0.0638. The zero-order valence-corrected chi connectivity index (χ0v) is 13.7. The summed E-state index contributed by atoms with van der Waals surface area (Å²) in [5, 5.41) is 18.9. The summed E-state index contributed by atoms with van der Waals surface area (Å²) in [7, 11) is -2.50. The van der Waals surface area contributed by atoms with E-state index in [1.165, 1.54) is 31.7 Å². The molecule has 1 rings (SSSR count). The van der Waals surface area contributed by atoms with Crippen LogP contribution < -0.4 is 0 Å². The van der Waals surface area contributed by atoms with Crippen LogP contribution in [-0.2, 0) is 10.0 Å². The zero-order valence-electron chi connectivity index (χ0n) is 12.9. The van der Waals surface area contributed by atoms with Gasteiger partial charge < -0.3 is 14.8 Å². The van der Waals surface area contributed by atoms with Crippen molar-refractivity contribution in [1.82, 2.24) is 8.87 Å². The third-order valence-electron chi connectivity index (χ3n) is 2.92. The highest BCUT2D eigenvalue weighted by atomic mass is 32.2. The topological polar surface area (TPSA) is 99.8 Å². The molecule has 0 amide bonds. The van der Waals surface area contributed by atoms with Crippen LogP contribution in [-0.4, -0.2) is 52.7 Å². The van der Waals surface area contributed by atoms with Gasteiger partial charge in [0.1, 0.15) is 10.6 Å². The first kappa shape index (κ1) is 17.7. The maximum atomic E-state index is 12.4. The van der Waals surface area contributed by atoms with Crippen LogP contribution in [0.25, 0.3) is 0 Å². The molecular weight excluding hydrogens is 296 g/mol. The van der Waals surface area contributed by atoms with Gasteiger partial charge in [0.25, 0.3) is 0 Å². The van der Waals surface area contributed by atoms with Crippen LogP contribution in [0.15, 0.2) is 17.2 Å². The lowest BCUT2D eigenvalue weighted by atomic mass is 10.1. The molecule has 0 saturated heterocycles. The summed E-state index contributed by atoms with van der Waals surface area (Å²) in [5.41, 5.74) is -1.27. The molecule has 0 aliphatic heterocycles. The Labute approximate surface area is 124 Å². The number of likely N-dealkylation sites (N-methyl/N-ethyl adjacent to an activating group) is 1. The molecule has 0 bridgehead atoms. The van der Waals surface area contributed by atoms with Crippen LogP contribution in [0.1, 0.15) is 44.2 Å². The summed E-state index contributed by atoms with van der Waals surface area (Å²) in [4.78, 5) is 11.1. The molecule has 0 atom stereocenters. The largest absolute Gasteiger partial charge is 0.477 e. The molecule has 0 aromatic carbocycles. The van der Waals surface area contributed by atoms with Gasteiger partial charge in [-0.2, -0.15) is 4.31 Å². The predicted octanol–water partition coefficient (Wildman–Crippen LogP) is 1.16. The highest BCUT2D eigenvalue weighted by molar-refractivity contribution is 7.89. The molecule has 8 heteroatoms. The summed E-state index contributed by atoms with van der Waals surface area (Å²) in [6, 6.07) is 0.957. The van der Waals surface area contributed by atoms with Crippen LogP contribution in [0.5, 0.6) is 0 Å². The summed E-state index contributed by atoms with van der Waals surface area (Å²) in [6.07, 6.45) is 1.31. The van der Waals surface area contributed by atoms with Gasteiger partial charge in [-0.3, -0.25) is 0 Å². The Balaban J connectivity index is 3.27. The van der Waals surface area contributed by atoms with Crippen LogP contribution in [0.2, 0.25) is 0 Å². The van der Waals surface area contributed by atoms with E-state index in [0.717, 1.165) is 10.4 Å². The Morgan fingerprint density at radius 1 is 1.43 bits per heavy atom. The number of aromatic carboxylic acids is 1. The number of nitrogens with zero attached hydrogens (tertiary/aromatic N) is 2. The maximum absolute atomic E-state index is 12.4. The third-order valence-corrected chi connectivity index (χ3v) is 4.69. The number of hydrogen-bond donors (Lipinski definition) is 2. The van der Waals surface area contributed by atoms with Gasteiger partial charge in [0.2, 0.25) is 10.0 Å². The fourth-order valence-electron chi connectivity index (χ4n) is 2.00. The number of sulfonamides is 1. The number of aromatic nitrogens is 1. The molecule has 0 aliphatic carbocycles. The highest BCUT2D eigenvalue weighted by Crippen LogP contribution is 2.22. The van der Waals surface area contributed by atoms with Crippen LogP contribution in [0, 0.1) is 0 Å². The van der Waals surface area contributed by atoms with Crippen molar-refractivity contribution in [1.29, 1.82) is 0 Å². The molecule has 0 aliphatic rings. The van der Waals surface area contributed by atoms with E-state index in [1.807, 2.05) is 0 Å². The fraction of sp³-hybridized carbons (Fsp3) is 0.615. The molecule has 120 valence electrons. The number of carboxylic acid groups (broad SMARTS) is 1. The van der Waals surface area contributed by atoms with E-state index in [9.17, 15) is 18.3 Å². The van der Waals surface area contributed by atoms with E-state index in [-0.39, 0.29) is 23.2 Å². The third kappa shape index (κ3) is 4.05. The highest BCUT2D eigenvalue weighted by Gasteiger charge is 2.29. The molecule has 0 fully saturated rings. The molecule has 21 heavy (non-hydrogen) atoms. The second-order valence-corrected chi connectivity index (χ2v) is 7.99. The van der Waals surface area contributed by atoms with E-state index in [1.54, 1.807) is 13.8 Å². The van der Waals surface area contributed by atoms with Crippen molar-refractivity contribution in [3.05, 3.63) is 18.0 Å². The van der Waals surface area contributed by atoms with Crippen molar-refractivity contribution in [3.63, 3.8) is 0 Å². The molecule has 7 nitrogen and oxygen atoms in total.